The van der Waals surface area contributed by atoms with Gasteiger partial charge in [-0.1, -0.05) is 0 Å². The molecule has 0 saturated carbocycles. The van der Waals surface area contributed by atoms with Gasteiger partial charge in [0, 0.05) is 25.5 Å². The smallest absolute Gasteiger partial charge is 0.250 e. The third-order valence-corrected chi connectivity index (χ3v) is 1.55. The molecule has 0 aliphatic heterocycles. The summed E-state index contributed by atoms with van der Waals surface area (Å²) in [5, 5.41) is 0. The summed E-state index contributed by atoms with van der Waals surface area (Å²) < 4.78 is 10.5. The number of hydrogen-bond donors (Lipinski definition) is 1. The van der Waals surface area contributed by atoms with Crippen LogP contribution in [0, 0.1) is 0 Å². The van der Waals surface area contributed by atoms with Crippen molar-refractivity contribution in [3.05, 3.63) is 28.4 Å². The molecule has 0 aliphatic rings. The van der Waals surface area contributed by atoms with Gasteiger partial charge in [-0.25, -0.2) is 4.98 Å². The van der Waals surface area contributed by atoms with Gasteiger partial charge < -0.3 is 14.5 Å². The zero-order chi connectivity index (χ0) is 10.4. The minimum Gasteiger partial charge on any atom is -0.346 e. The molecule has 0 spiro atoms. The topological polar surface area (TPSA) is 64.2 Å². The zero-order valence-electron chi connectivity index (χ0n) is 8.32. The van der Waals surface area contributed by atoms with Gasteiger partial charge in [0.15, 0.2) is 5.82 Å². The first-order valence-corrected chi connectivity index (χ1v) is 4.56. The van der Waals surface area contributed by atoms with Crippen molar-refractivity contribution >= 4 is 0 Å². The van der Waals surface area contributed by atoms with E-state index >= 15 is 0 Å². The molecule has 1 heterocycles. The normalized spacial score (nSPS) is 10.8. The highest BCUT2D eigenvalue weighted by atomic mass is 16.7. The molecule has 78 valence electrons. The van der Waals surface area contributed by atoms with E-state index in [2.05, 4.69) is 9.97 Å². The summed E-state index contributed by atoms with van der Waals surface area (Å²) in [6, 6.07) is 1.35. The Morgan fingerprint density at radius 1 is 1.43 bits per heavy atom. The fourth-order valence-electron chi connectivity index (χ4n) is 1.01. The predicted octanol–water partition coefficient (Wildman–Crippen LogP) is 0.841. The average Bonchev–Trinajstić information content (AvgIpc) is 2.17. The number of aromatic amines is 1. The molecule has 5 nitrogen and oxygen atoms in total. The van der Waals surface area contributed by atoms with Crippen LogP contribution in [-0.2, 0) is 9.47 Å². The standard InChI is InChI=1S/C9H14N2O3/c1-3-13-9(14-4-2)8-10-6-5-7(12)11-8/h5-6,9H,3-4H2,1-2H3,(H,10,11,12). The van der Waals surface area contributed by atoms with E-state index < -0.39 is 6.29 Å². The van der Waals surface area contributed by atoms with Crippen LogP contribution >= 0.6 is 0 Å². The first kappa shape index (κ1) is 10.9. The molecular formula is C9H14N2O3. The van der Waals surface area contributed by atoms with Crippen molar-refractivity contribution in [1.82, 2.24) is 9.97 Å². The Morgan fingerprint density at radius 2 is 2.07 bits per heavy atom. The molecule has 1 N–H and O–H groups in total. The summed E-state index contributed by atoms with van der Waals surface area (Å²) in [6.45, 7) is 4.71. The van der Waals surface area contributed by atoms with Crippen LogP contribution < -0.4 is 5.56 Å². The highest BCUT2D eigenvalue weighted by Crippen LogP contribution is 2.12. The minimum absolute atomic E-state index is 0.209. The van der Waals surface area contributed by atoms with Crippen LogP contribution in [0.4, 0.5) is 0 Å². The Labute approximate surface area is 82.1 Å². The Morgan fingerprint density at radius 3 is 2.57 bits per heavy atom. The molecule has 5 heteroatoms. The van der Waals surface area contributed by atoms with Crippen LogP contribution in [0.25, 0.3) is 0 Å². The van der Waals surface area contributed by atoms with E-state index in [4.69, 9.17) is 9.47 Å². The molecule has 1 aromatic heterocycles. The lowest BCUT2D eigenvalue weighted by Crippen LogP contribution is -2.17. The van der Waals surface area contributed by atoms with Crippen molar-refractivity contribution in [3.63, 3.8) is 0 Å². The van der Waals surface area contributed by atoms with Crippen molar-refractivity contribution in [2.24, 2.45) is 0 Å². The van der Waals surface area contributed by atoms with E-state index in [-0.39, 0.29) is 5.56 Å². The monoisotopic (exact) mass is 198 g/mol. The van der Waals surface area contributed by atoms with Gasteiger partial charge >= 0.3 is 0 Å². The number of hydrogen-bond acceptors (Lipinski definition) is 4. The van der Waals surface area contributed by atoms with Crippen LogP contribution in [0.5, 0.6) is 0 Å². The molecule has 0 bridgehead atoms. The van der Waals surface area contributed by atoms with E-state index in [0.717, 1.165) is 0 Å². The lowest BCUT2D eigenvalue weighted by atomic mass is 10.5. The number of rotatable bonds is 5. The quantitative estimate of drug-likeness (QED) is 0.712. The van der Waals surface area contributed by atoms with Gasteiger partial charge in [0.1, 0.15) is 0 Å². The third-order valence-electron chi connectivity index (χ3n) is 1.55. The lowest BCUT2D eigenvalue weighted by molar-refractivity contribution is -0.145. The number of nitrogens with one attached hydrogen (secondary N) is 1. The summed E-state index contributed by atoms with van der Waals surface area (Å²) in [4.78, 5) is 17.5. The number of aromatic nitrogens is 2. The van der Waals surface area contributed by atoms with Crippen molar-refractivity contribution in [3.8, 4) is 0 Å². The van der Waals surface area contributed by atoms with E-state index in [1.54, 1.807) is 0 Å². The highest BCUT2D eigenvalue weighted by molar-refractivity contribution is 4.90. The largest absolute Gasteiger partial charge is 0.346 e. The second-order valence-corrected chi connectivity index (χ2v) is 2.56. The van der Waals surface area contributed by atoms with Crippen molar-refractivity contribution in [2.75, 3.05) is 13.2 Å². The maximum Gasteiger partial charge on any atom is 0.250 e. The zero-order valence-corrected chi connectivity index (χ0v) is 8.32. The number of ether oxygens (including phenoxy) is 2. The van der Waals surface area contributed by atoms with Crippen molar-refractivity contribution in [1.29, 1.82) is 0 Å². The molecule has 1 aromatic rings. The van der Waals surface area contributed by atoms with Crippen LogP contribution in [0.3, 0.4) is 0 Å². The first-order valence-electron chi connectivity index (χ1n) is 4.56. The summed E-state index contributed by atoms with van der Waals surface area (Å²) in [5.41, 5.74) is -0.209. The van der Waals surface area contributed by atoms with Crippen LogP contribution in [0.15, 0.2) is 17.1 Å². The highest BCUT2D eigenvalue weighted by Gasteiger charge is 2.12. The van der Waals surface area contributed by atoms with Crippen LogP contribution in [-0.4, -0.2) is 23.2 Å². The molecule has 0 atom stereocenters. The number of H-pyrrole nitrogens is 1. The summed E-state index contributed by atoms with van der Waals surface area (Å²) in [7, 11) is 0. The van der Waals surface area contributed by atoms with Gasteiger partial charge in [0.05, 0.1) is 0 Å². The van der Waals surface area contributed by atoms with Gasteiger partial charge in [-0.2, -0.15) is 0 Å². The van der Waals surface area contributed by atoms with Crippen LogP contribution in [0.2, 0.25) is 0 Å². The lowest BCUT2D eigenvalue weighted by Gasteiger charge is -2.15. The van der Waals surface area contributed by atoms with Gasteiger partial charge in [-0.3, -0.25) is 4.79 Å². The van der Waals surface area contributed by atoms with Gasteiger partial charge in [0.2, 0.25) is 6.29 Å². The van der Waals surface area contributed by atoms with E-state index in [1.807, 2.05) is 13.8 Å². The van der Waals surface area contributed by atoms with Crippen molar-refractivity contribution in [2.45, 2.75) is 20.1 Å². The summed E-state index contributed by atoms with van der Waals surface area (Å²) in [6.07, 6.45) is 0.845. The molecule has 0 fully saturated rings. The maximum absolute atomic E-state index is 11.0. The van der Waals surface area contributed by atoms with Crippen LogP contribution in [0.1, 0.15) is 26.0 Å². The maximum atomic E-state index is 11.0. The van der Waals surface area contributed by atoms with Gasteiger partial charge in [-0.05, 0) is 13.8 Å². The SMILES string of the molecule is CCOC(OCC)c1nccc(=O)[nH]1. The minimum atomic E-state index is -0.584. The average molecular weight is 198 g/mol. The van der Waals surface area contributed by atoms with Crippen molar-refractivity contribution < 1.29 is 9.47 Å². The molecule has 14 heavy (non-hydrogen) atoms. The number of nitrogens with zero attached hydrogens (tertiary/aromatic N) is 1. The molecule has 0 aromatic carbocycles. The second-order valence-electron chi connectivity index (χ2n) is 2.56. The Balaban J connectivity index is 2.81. The Hall–Kier alpha value is -1.20. The summed E-state index contributed by atoms with van der Waals surface area (Å²) in [5.74, 6) is 0.404. The molecule has 0 aliphatic carbocycles. The first-order chi connectivity index (χ1) is 6.77. The predicted molar refractivity (Wildman–Crippen MR) is 50.9 cm³/mol. The molecule has 1 rings (SSSR count). The van der Waals surface area contributed by atoms with Gasteiger partial charge in [-0.15, -0.1) is 0 Å². The summed E-state index contributed by atoms with van der Waals surface area (Å²) >= 11 is 0. The molecule has 0 unspecified atom stereocenters. The van der Waals surface area contributed by atoms with Gasteiger partial charge in [0.25, 0.3) is 5.56 Å². The molecule has 0 radical (unpaired) electrons. The second kappa shape index (κ2) is 5.51. The van der Waals surface area contributed by atoms with E-state index in [9.17, 15) is 4.79 Å². The fourth-order valence-corrected chi connectivity index (χ4v) is 1.01. The van der Waals surface area contributed by atoms with E-state index in [0.29, 0.717) is 19.0 Å². The molecular weight excluding hydrogens is 184 g/mol. The van der Waals surface area contributed by atoms with E-state index in [1.165, 1.54) is 12.3 Å². The molecule has 0 saturated heterocycles. The fraction of sp³-hybridized carbons (Fsp3) is 0.556. The Bertz CT molecular complexity index is 318. The Kier molecular flexibility index (Phi) is 4.28. The third kappa shape index (κ3) is 2.93. The molecule has 0 amide bonds.